The highest BCUT2D eigenvalue weighted by molar-refractivity contribution is 7.92. The van der Waals surface area contributed by atoms with Gasteiger partial charge in [-0.15, -0.1) is 0 Å². The number of amides is 2. The highest BCUT2D eigenvalue weighted by Crippen LogP contribution is 2.23. The van der Waals surface area contributed by atoms with E-state index in [0.717, 1.165) is 34.2 Å². The molecule has 226 valence electrons. The Morgan fingerprint density at radius 1 is 0.905 bits per heavy atom. The molecule has 3 aromatic carbocycles. The summed E-state index contributed by atoms with van der Waals surface area (Å²) in [6, 6.07) is 22.5. The van der Waals surface area contributed by atoms with E-state index in [1.807, 2.05) is 107 Å². The van der Waals surface area contributed by atoms with Crippen molar-refractivity contribution < 1.29 is 18.0 Å². The summed E-state index contributed by atoms with van der Waals surface area (Å²) in [5.74, 6) is -0.379. The van der Waals surface area contributed by atoms with Crippen LogP contribution in [0.3, 0.4) is 0 Å². The van der Waals surface area contributed by atoms with Gasteiger partial charge in [-0.3, -0.25) is 13.9 Å². The van der Waals surface area contributed by atoms with Gasteiger partial charge in [-0.05, 0) is 80.5 Å². The average molecular weight is 592 g/mol. The lowest BCUT2D eigenvalue weighted by Gasteiger charge is -2.33. The Kier molecular flexibility index (Phi) is 11.7. The third-order valence-electron chi connectivity index (χ3n) is 7.52. The standard InChI is InChI=1S/C34H45N3O4S/c1-7-28(5)35-34(39)32(23-29-15-9-8-10-16-29)36(24-30-17-12-11-14-27(30)4)33(38)18-13-19-37(42(6,40)41)31-21-25(2)20-26(3)22-31/h8-12,14-17,20-22,28,32H,7,13,18-19,23-24H2,1-6H3,(H,35,39)/t28-,32+/m1/s1. The van der Waals surface area contributed by atoms with Gasteiger partial charge in [0.05, 0.1) is 11.9 Å². The molecular weight excluding hydrogens is 546 g/mol. The van der Waals surface area contributed by atoms with E-state index in [1.54, 1.807) is 4.90 Å². The predicted octanol–water partition coefficient (Wildman–Crippen LogP) is 5.71. The van der Waals surface area contributed by atoms with Gasteiger partial charge < -0.3 is 10.2 Å². The number of anilines is 1. The minimum absolute atomic E-state index is 0.0349. The predicted molar refractivity (Wildman–Crippen MR) is 171 cm³/mol. The molecule has 3 aromatic rings. The summed E-state index contributed by atoms with van der Waals surface area (Å²) in [5.41, 5.74) is 5.49. The van der Waals surface area contributed by atoms with Gasteiger partial charge in [0.1, 0.15) is 6.04 Å². The lowest BCUT2D eigenvalue weighted by atomic mass is 10.0. The third kappa shape index (κ3) is 9.44. The number of hydrogen-bond acceptors (Lipinski definition) is 4. The first kappa shape index (κ1) is 32.9. The fourth-order valence-corrected chi connectivity index (χ4v) is 6.01. The van der Waals surface area contributed by atoms with Crippen molar-refractivity contribution in [3.05, 3.63) is 101 Å². The minimum Gasteiger partial charge on any atom is -0.352 e. The number of rotatable bonds is 14. The van der Waals surface area contributed by atoms with Crippen LogP contribution >= 0.6 is 0 Å². The molecule has 0 aliphatic carbocycles. The molecule has 0 aliphatic rings. The molecule has 0 saturated carbocycles. The van der Waals surface area contributed by atoms with E-state index in [4.69, 9.17) is 0 Å². The maximum atomic E-state index is 14.0. The topological polar surface area (TPSA) is 86.8 Å². The van der Waals surface area contributed by atoms with Gasteiger partial charge >= 0.3 is 0 Å². The second-order valence-corrected chi connectivity index (χ2v) is 13.2. The number of carbonyl (C=O) groups excluding carboxylic acids is 2. The van der Waals surface area contributed by atoms with E-state index < -0.39 is 16.1 Å². The Hall–Kier alpha value is -3.65. The van der Waals surface area contributed by atoms with Crippen molar-refractivity contribution in [2.45, 2.75) is 78.9 Å². The lowest BCUT2D eigenvalue weighted by Crippen LogP contribution is -2.52. The Morgan fingerprint density at radius 2 is 1.52 bits per heavy atom. The molecule has 7 nitrogen and oxygen atoms in total. The number of aryl methyl sites for hydroxylation is 3. The first-order chi connectivity index (χ1) is 19.9. The van der Waals surface area contributed by atoms with E-state index in [1.165, 1.54) is 10.6 Å². The summed E-state index contributed by atoms with van der Waals surface area (Å²) < 4.78 is 26.9. The van der Waals surface area contributed by atoms with Crippen molar-refractivity contribution >= 4 is 27.5 Å². The summed E-state index contributed by atoms with van der Waals surface area (Å²) in [5, 5.41) is 3.09. The van der Waals surface area contributed by atoms with Gasteiger partial charge in [-0.2, -0.15) is 0 Å². The van der Waals surface area contributed by atoms with Crippen LogP contribution in [0.5, 0.6) is 0 Å². The first-order valence-electron chi connectivity index (χ1n) is 14.6. The lowest BCUT2D eigenvalue weighted by molar-refractivity contribution is -0.141. The zero-order valence-corrected chi connectivity index (χ0v) is 26.6. The zero-order valence-electron chi connectivity index (χ0n) is 25.8. The molecule has 0 radical (unpaired) electrons. The summed E-state index contributed by atoms with van der Waals surface area (Å²) >= 11 is 0. The molecule has 2 atom stereocenters. The SMILES string of the molecule is CC[C@@H](C)NC(=O)[C@H](Cc1ccccc1)N(Cc1ccccc1C)C(=O)CCCN(c1cc(C)cc(C)c1)S(C)(=O)=O. The van der Waals surface area contributed by atoms with Gasteiger partial charge in [0.25, 0.3) is 0 Å². The van der Waals surface area contributed by atoms with Crippen LogP contribution in [-0.4, -0.2) is 50.0 Å². The molecule has 8 heteroatoms. The van der Waals surface area contributed by atoms with Crippen molar-refractivity contribution in [2.24, 2.45) is 0 Å². The van der Waals surface area contributed by atoms with Crippen LogP contribution < -0.4 is 9.62 Å². The Bertz CT molecular complexity index is 1440. The Balaban J connectivity index is 1.91. The highest BCUT2D eigenvalue weighted by atomic mass is 32.2. The fraction of sp³-hybridized carbons (Fsp3) is 0.412. The molecule has 0 saturated heterocycles. The molecular formula is C34H45N3O4S. The summed E-state index contributed by atoms with van der Waals surface area (Å²) in [4.78, 5) is 29.4. The molecule has 42 heavy (non-hydrogen) atoms. The summed E-state index contributed by atoms with van der Waals surface area (Å²) in [6.07, 6.45) is 2.75. The van der Waals surface area contributed by atoms with E-state index in [2.05, 4.69) is 5.32 Å². The Labute approximate surface area is 252 Å². The molecule has 0 unspecified atom stereocenters. The van der Waals surface area contributed by atoms with Gasteiger partial charge in [0.2, 0.25) is 21.8 Å². The normalized spacial score (nSPS) is 12.8. The molecule has 0 aliphatic heterocycles. The van der Waals surface area contributed by atoms with Gasteiger partial charge in [-0.25, -0.2) is 8.42 Å². The van der Waals surface area contributed by atoms with Crippen LogP contribution in [0.15, 0.2) is 72.8 Å². The third-order valence-corrected chi connectivity index (χ3v) is 8.71. The van der Waals surface area contributed by atoms with Crippen LogP contribution in [0, 0.1) is 20.8 Å². The molecule has 0 spiro atoms. The van der Waals surface area contributed by atoms with E-state index in [9.17, 15) is 18.0 Å². The smallest absolute Gasteiger partial charge is 0.243 e. The fourth-order valence-electron chi connectivity index (χ4n) is 5.06. The number of hydrogen-bond donors (Lipinski definition) is 1. The van der Waals surface area contributed by atoms with Crippen molar-refractivity contribution in [1.82, 2.24) is 10.2 Å². The quantitative estimate of drug-likeness (QED) is 0.260. The first-order valence-corrected chi connectivity index (χ1v) is 16.5. The van der Waals surface area contributed by atoms with E-state index in [-0.39, 0.29) is 37.4 Å². The van der Waals surface area contributed by atoms with E-state index >= 15 is 0 Å². The second kappa shape index (κ2) is 15.0. The van der Waals surface area contributed by atoms with Crippen molar-refractivity contribution in [3.8, 4) is 0 Å². The van der Waals surface area contributed by atoms with Crippen molar-refractivity contribution in [1.29, 1.82) is 0 Å². The molecule has 1 N–H and O–H groups in total. The molecule has 0 aromatic heterocycles. The summed E-state index contributed by atoms with van der Waals surface area (Å²) in [7, 11) is -3.57. The second-order valence-electron chi connectivity index (χ2n) is 11.3. The monoisotopic (exact) mass is 591 g/mol. The van der Waals surface area contributed by atoms with Crippen LogP contribution in [0.2, 0.25) is 0 Å². The highest BCUT2D eigenvalue weighted by Gasteiger charge is 2.31. The van der Waals surface area contributed by atoms with Crippen LogP contribution in [0.1, 0.15) is 60.9 Å². The molecule has 3 rings (SSSR count). The van der Waals surface area contributed by atoms with Crippen molar-refractivity contribution in [3.63, 3.8) is 0 Å². The Morgan fingerprint density at radius 3 is 2.12 bits per heavy atom. The van der Waals surface area contributed by atoms with Crippen LogP contribution in [0.4, 0.5) is 5.69 Å². The molecule has 2 amide bonds. The summed E-state index contributed by atoms with van der Waals surface area (Å²) in [6.45, 7) is 10.3. The van der Waals surface area contributed by atoms with Crippen LogP contribution in [0.25, 0.3) is 0 Å². The minimum atomic E-state index is -3.57. The number of benzene rings is 3. The van der Waals surface area contributed by atoms with E-state index in [0.29, 0.717) is 18.5 Å². The van der Waals surface area contributed by atoms with Crippen LogP contribution in [-0.2, 0) is 32.6 Å². The van der Waals surface area contributed by atoms with Gasteiger partial charge in [-0.1, -0.05) is 67.6 Å². The maximum Gasteiger partial charge on any atom is 0.243 e. The molecule has 0 fully saturated rings. The molecule has 0 bridgehead atoms. The maximum absolute atomic E-state index is 14.0. The number of carbonyl (C=O) groups is 2. The van der Waals surface area contributed by atoms with Gasteiger partial charge in [0.15, 0.2) is 0 Å². The number of nitrogens with one attached hydrogen (secondary N) is 1. The number of sulfonamides is 1. The average Bonchev–Trinajstić information content (AvgIpc) is 2.93. The molecule has 0 heterocycles. The van der Waals surface area contributed by atoms with Crippen molar-refractivity contribution in [2.75, 3.05) is 17.1 Å². The van der Waals surface area contributed by atoms with Gasteiger partial charge in [0, 0.05) is 32.0 Å². The largest absolute Gasteiger partial charge is 0.352 e. The zero-order chi connectivity index (χ0) is 30.9. The number of nitrogens with zero attached hydrogens (tertiary/aromatic N) is 2.